The zero-order valence-corrected chi connectivity index (χ0v) is 16.2. The van der Waals surface area contributed by atoms with Gasteiger partial charge in [-0.2, -0.15) is 0 Å². The second-order valence-corrected chi connectivity index (χ2v) is 8.02. The van der Waals surface area contributed by atoms with Crippen LogP contribution in [0.5, 0.6) is 11.5 Å². The Hall–Kier alpha value is -3.18. The fourth-order valence-corrected chi connectivity index (χ4v) is 3.80. The summed E-state index contributed by atoms with van der Waals surface area (Å²) < 4.78 is 38.1. The van der Waals surface area contributed by atoms with Crippen molar-refractivity contribution in [2.24, 2.45) is 0 Å². The molecule has 2 atom stereocenters. The van der Waals surface area contributed by atoms with Gasteiger partial charge in [0.1, 0.15) is 6.10 Å². The molecule has 2 aromatic carbocycles. The van der Waals surface area contributed by atoms with Gasteiger partial charge >= 0.3 is 0 Å². The molecule has 0 bridgehead atoms. The van der Waals surface area contributed by atoms with Gasteiger partial charge in [-0.05, 0) is 25.1 Å². The molecule has 2 aromatic rings. The number of carbonyl (C=O) groups excluding carboxylic acids is 1. The fourth-order valence-electron chi connectivity index (χ4n) is 2.73. The molecule has 1 heterocycles. The van der Waals surface area contributed by atoms with E-state index >= 15 is 0 Å². The lowest BCUT2D eigenvalue weighted by Crippen LogP contribution is -2.50. The third-order valence-corrected chi connectivity index (χ3v) is 5.61. The molecule has 2 N–H and O–H groups in total. The summed E-state index contributed by atoms with van der Waals surface area (Å²) in [4.78, 5) is 22.2. The predicted molar refractivity (Wildman–Crippen MR) is 102 cm³/mol. The molecule has 0 saturated heterocycles. The normalized spacial score (nSPS) is 18.1. The summed E-state index contributed by atoms with van der Waals surface area (Å²) in [5.74, 6) is 0.562. The SMILES string of the molecule is CC1Oc2ccccc2OC1C(=O)NCCNS(=O)(=O)c1cccc([N+](=O)[O-])c1. The molecule has 3 rings (SSSR count). The van der Waals surface area contributed by atoms with Crippen molar-refractivity contribution < 1.29 is 27.6 Å². The highest BCUT2D eigenvalue weighted by molar-refractivity contribution is 7.89. The Balaban J connectivity index is 1.53. The first-order valence-corrected chi connectivity index (χ1v) is 10.2. The number of nitro groups is 1. The minimum Gasteiger partial charge on any atom is -0.482 e. The average molecular weight is 421 g/mol. The summed E-state index contributed by atoms with van der Waals surface area (Å²) in [6.45, 7) is 1.60. The second-order valence-electron chi connectivity index (χ2n) is 6.25. The lowest BCUT2D eigenvalue weighted by Gasteiger charge is -2.31. The van der Waals surface area contributed by atoms with Gasteiger partial charge in [-0.3, -0.25) is 14.9 Å². The molecule has 0 aliphatic carbocycles. The summed E-state index contributed by atoms with van der Waals surface area (Å²) in [5, 5.41) is 13.4. The zero-order valence-electron chi connectivity index (χ0n) is 15.4. The molecule has 0 radical (unpaired) electrons. The second kappa shape index (κ2) is 8.45. The summed E-state index contributed by atoms with van der Waals surface area (Å²) in [6, 6.07) is 11.7. The van der Waals surface area contributed by atoms with E-state index in [-0.39, 0.29) is 23.7 Å². The standard InChI is InChI=1S/C18H19N3O7S/c1-12-17(28-16-8-3-2-7-15(16)27-12)18(22)19-9-10-20-29(25,26)14-6-4-5-13(11-14)21(23)24/h2-8,11-12,17,20H,9-10H2,1H3,(H,19,22). The lowest BCUT2D eigenvalue weighted by molar-refractivity contribution is -0.385. The number of rotatable bonds is 7. The minimum absolute atomic E-state index is 0.00121. The molecular formula is C18H19N3O7S. The molecule has 11 heteroatoms. The van der Waals surface area contributed by atoms with E-state index in [9.17, 15) is 23.3 Å². The number of carbonyl (C=O) groups is 1. The van der Waals surface area contributed by atoms with Crippen LogP contribution in [0.1, 0.15) is 6.92 Å². The maximum absolute atomic E-state index is 12.4. The highest BCUT2D eigenvalue weighted by Gasteiger charge is 2.33. The Morgan fingerprint density at radius 2 is 1.79 bits per heavy atom. The molecule has 1 aliphatic heterocycles. The molecule has 1 amide bonds. The van der Waals surface area contributed by atoms with Gasteiger partial charge in [0, 0.05) is 25.2 Å². The van der Waals surface area contributed by atoms with Crippen LogP contribution < -0.4 is 19.5 Å². The summed E-state index contributed by atoms with van der Waals surface area (Å²) in [6.07, 6.45) is -1.40. The van der Waals surface area contributed by atoms with Crippen LogP contribution >= 0.6 is 0 Å². The Morgan fingerprint density at radius 3 is 2.48 bits per heavy atom. The van der Waals surface area contributed by atoms with E-state index in [1.807, 2.05) is 0 Å². The highest BCUT2D eigenvalue weighted by Crippen LogP contribution is 2.33. The number of hydrogen-bond acceptors (Lipinski definition) is 7. The van der Waals surface area contributed by atoms with Crippen molar-refractivity contribution in [1.82, 2.24) is 10.0 Å². The number of sulfonamides is 1. The first-order valence-electron chi connectivity index (χ1n) is 8.72. The van der Waals surface area contributed by atoms with Crippen molar-refractivity contribution in [3.05, 3.63) is 58.6 Å². The zero-order chi connectivity index (χ0) is 21.0. The Kier molecular flexibility index (Phi) is 5.99. The van der Waals surface area contributed by atoms with Crippen molar-refractivity contribution in [3.8, 4) is 11.5 Å². The maximum Gasteiger partial charge on any atom is 0.270 e. The number of non-ortho nitro benzene ring substituents is 1. The number of nitrogens with zero attached hydrogens (tertiary/aromatic N) is 1. The van der Waals surface area contributed by atoms with E-state index in [2.05, 4.69) is 10.0 Å². The number of nitro benzene ring substituents is 1. The monoisotopic (exact) mass is 421 g/mol. The van der Waals surface area contributed by atoms with Crippen LogP contribution in [-0.2, 0) is 14.8 Å². The number of ether oxygens (including phenoxy) is 2. The molecule has 2 unspecified atom stereocenters. The topological polar surface area (TPSA) is 137 Å². The fraction of sp³-hybridized carbons (Fsp3) is 0.278. The van der Waals surface area contributed by atoms with Gasteiger partial charge in [-0.15, -0.1) is 0 Å². The van der Waals surface area contributed by atoms with Crippen LogP contribution in [0, 0.1) is 10.1 Å². The van der Waals surface area contributed by atoms with Crippen LogP contribution in [0.3, 0.4) is 0 Å². The van der Waals surface area contributed by atoms with Gasteiger partial charge in [-0.25, -0.2) is 13.1 Å². The number of hydrogen-bond donors (Lipinski definition) is 2. The first-order chi connectivity index (χ1) is 13.8. The van der Waals surface area contributed by atoms with Crippen LogP contribution in [0.2, 0.25) is 0 Å². The van der Waals surface area contributed by atoms with E-state index in [0.717, 1.165) is 6.07 Å². The van der Waals surface area contributed by atoms with E-state index in [1.165, 1.54) is 18.2 Å². The van der Waals surface area contributed by atoms with Crippen molar-refractivity contribution in [2.45, 2.75) is 24.0 Å². The van der Waals surface area contributed by atoms with Gasteiger partial charge in [0.25, 0.3) is 11.6 Å². The van der Waals surface area contributed by atoms with Gasteiger partial charge in [0.05, 0.1) is 9.82 Å². The first kappa shape index (κ1) is 20.6. The van der Waals surface area contributed by atoms with Crippen molar-refractivity contribution in [3.63, 3.8) is 0 Å². The van der Waals surface area contributed by atoms with Gasteiger partial charge in [0.2, 0.25) is 16.1 Å². The number of amides is 1. The summed E-state index contributed by atoms with van der Waals surface area (Å²) in [5.41, 5.74) is -0.329. The largest absolute Gasteiger partial charge is 0.482 e. The lowest BCUT2D eigenvalue weighted by atomic mass is 10.1. The van der Waals surface area contributed by atoms with Crippen molar-refractivity contribution >= 4 is 21.6 Å². The van der Waals surface area contributed by atoms with Crippen LogP contribution in [0.25, 0.3) is 0 Å². The Bertz CT molecular complexity index is 1030. The molecule has 0 spiro atoms. The summed E-state index contributed by atoms with van der Waals surface area (Å²) in [7, 11) is -3.95. The quantitative estimate of drug-likeness (QED) is 0.389. The smallest absolute Gasteiger partial charge is 0.270 e. The third-order valence-electron chi connectivity index (χ3n) is 4.16. The van der Waals surface area contributed by atoms with Crippen molar-refractivity contribution in [2.75, 3.05) is 13.1 Å². The molecular weight excluding hydrogens is 402 g/mol. The maximum atomic E-state index is 12.4. The molecule has 0 aromatic heterocycles. The predicted octanol–water partition coefficient (Wildman–Crippen LogP) is 1.22. The highest BCUT2D eigenvalue weighted by atomic mass is 32.2. The van der Waals surface area contributed by atoms with Crippen LogP contribution in [0.15, 0.2) is 53.4 Å². The Morgan fingerprint density at radius 1 is 1.10 bits per heavy atom. The van der Waals surface area contributed by atoms with E-state index in [4.69, 9.17) is 9.47 Å². The van der Waals surface area contributed by atoms with E-state index in [1.54, 1.807) is 31.2 Å². The molecule has 0 fully saturated rings. The number of para-hydroxylation sites is 2. The molecule has 10 nitrogen and oxygen atoms in total. The van der Waals surface area contributed by atoms with Crippen molar-refractivity contribution in [1.29, 1.82) is 0 Å². The van der Waals surface area contributed by atoms with Gasteiger partial charge in [0.15, 0.2) is 11.5 Å². The number of benzene rings is 2. The van der Waals surface area contributed by atoms with Gasteiger partial charge < -0.3 is 14.8 Å². The molecule has 0 saturated carbocycles. The average Bonchev–Trinajstić information content (AvgIpc) is 2.70. The van der Waals surface area contributed by atoms with Gasteiger partial charge in [-0.1, -0.05) is 18.2 Å². The summed E-state index contributed by atoms with van der Waals surface area (Å²) >= 11 is 0. The van der Waals surface area contributed by atoms with Crippen LogP contribution in [0.4, 0.5) is 5.69 Å². The number of nitrogens with one attached hydrogen (secondary N) is 2. The minimum atomic E-state index is -3.95. The molecule has 154 valence electrons. The van der Waals surface area contributed by atoms with E-state index in [0.29, 0.717) is 11.5 Å². The number of fused-ring (bicyclic) bond motifs is 1. The molecule has 29 heavy (non-hydrogen) atoms. The molecule has 1 aliphatic rings. The Labute approximate surface area is 167 Å². The third kappa shape index (κ3) is 4.81. The van der Waals surface area contributed by atoms with E-state index < -0.39 is 33.1 Å². The van der Waals surface area contributed by atoms with Crippen LogP contribution in [-0.4, -0.2) is 44.5 Å².